The molecule has 2 saturated heterocycles. The van der Waals surface area contributed by atoms with Gasteiger partial charge in [-0.15, -0.1) is 0 Å². The highest BCUT2D eigenvalue weighted by atomic mass is 15.1. The first-order valence-electron chi connectivity index (χ1n) is 11.7. The normalized spacial score (nSPS) is 17.7. The Balaban J connectivity index is 1.58. The number of aryl methyl sites for hydroxylation is 4. The average Bonchev–Trinajstić information content (AvgIpc) is 2.73. The molecule has 2 fully saturated rings. The fourth-order valence-electron chi connectivity index (χ4n) is 5.34. The van der Waals surface area contributed by atoms with E-state index in [1.165, 1.54) is 109 Å². The molecule has 2 heterocycles. The number of rotatable bonds is 4. The summed E-state index contributed by atoms with van der Waals surface area (Å²) >= 11 is 0. The maximum absolute atomic E-state index is 2.58. The Morgan fingerprint density at radius 2 is 0.828 bits per heavy atom. The molecule has 0 spiro atoms. The lowest BCUT2D eigenvalue weighted by Crippen LogP contribution is -2.29. The Morgan fingerprint density at radius 3 is 1.14 bits per heavy atom. The first-order valence-corrected chi connectivity index (χ1v) is 11.7. The van der Waals surface area contributed by atoms with Crippen molar-refractivity contribution in [2.75, 3.05) is 36.0 Å². The van der Waals surface area contributed by atoms with Crippen molar-refractivity contribution in [3.8, 4) is 0 Å². The van der Waals surface area contributed by atoms with Crippen LogP contribution in [0, 0.1) is 27.7 Å². The third kappa shape index (κ3) is 4.47. The minimum Gasteiger partial charge on any atom is -0.372 e. The van der Waals surface area contributed by atoms with Gasteiger partial charge in [-0.2, -0.15) is 0 Å². The number of benzene rings is 2. The van der Waals surface area contributed by atoms with Crippen molar-refractivity contribution in [1.82, 2.24) is 0 Å². The highest BCUT2D eigenvalue weighted by molar-refractivity contribution is 5.58. The SMILES string of the molecule is Cc1cc(N2CCCCC2)cc(C)c1Cc1c(C)cc(N2CCCCC2)cc1C. The van der Waals surface area contributed by atoms with Gasteiger partial charge in [0.05, 0.1) is 0 Å². The summed E-state index contributed by atoms with van der Waals surface area (Å²) in [6.07, 6.45) is 9.17. The van der Waals surface area contributed by atoms with Crippen LogP contribution in [0.3, 0.4) is 0 Å². The second-order valence-electron chi connectivity index (χ2n) is 9.39. The van der Waals surface area contributed by atoms with Gasteiger partial charge >= 0.3 is 0 Å². The molecule has 0 N–H and O–H groups in total. The highest BCUT2D eigenvalue weighted by Gasteiger charge is 2.17. The molecular weight excluding hydrogens is 352 g/mol. The Kier molecular flexibility index (Phi) is 6.18. The topological polar surface area (TPSA) is 6.48 Å². The quantitative estimate of drug-likeness (QED) is 0.588. The number of piperidine rings is 2. The van der Waals surface area contributed by atoms with E-state index in [0.29, 0.717) is 0 Å². The molecule has 29 heavy (non-hydrogen) atoms. The van der Waals surface area contributed by atoms with Gasteiger partial charge in [-0.1, -0.05) is 0 Å². The van der Waals surface area contributed by atoms with E-state index in [0.717, 1.165) is 6.42 Å². The van der Waals surface area contributed by atoms with E-state index in [2.05, 4.69) is 61.8 Å². The summed E-state index contributed by atoms with van der Waals surface area (Å²) in [5.41, 5.74) is 11.7. The standard InChI is InChI=1S/C27H38N2/c1-20-15-24(28-11-7-5-8-12-28)16-21(2)26(20)19-27-22(3)17-25(18-23(27)4)29-13-9-6-10-14-29/h15-18H,5-14,19H2,1-4H3. The van der Waals surface area contributed by atoms with Crippen molar-refractivity contribution in [2.45, 2.75) is 72.6 Å². The molecule has 2 nitrogen and oxygen atoms in total. The lowest BCUT2D eigenvalue weighted by atomic mass is 9.90. The van der Waals surface area contributed by atoms with Crippen LogP contribution in [-0.4, -0.2) is 26.2 Å². The lowest BCUT2D eigenvalue weighted by Gasteiger charge is -2.31. The fraction of sp³-hybridized carbons (Fsp3) is 0.556. The van der Waals surface area contributed by atoms with E-state index in [9.17, 15) is 0 Å². The Morgan fingerprint density at radius 1 is 0.517 bits per heavy atom. The molecule has 0 atom stereocenters. The summed E-state index contributed by atoms with van der Waals surface area (Å²) in [6.45, 7) is 14.1. The molecule has 0 saturated carbocycles. The third-order valence-corrected chi connectivity index (χ3v) is 7.16. The van der Waals surface area contributed by atoms with Gasteiger partial charge in [-0.25, -0.2) is 0 Å². The van der Waals surface area contributed by atoms with Crippen LogP contribution in [0.1, 0.15) is 71.9 Å². The maximum Gasteiger partial charge on any atom is 0.0371 e. The maximum atomic E-state index is 2.58. The van der Waals surface area contributed by atoms with Crippen LogP contribution in [0.2, 0.25) is 0 Å². The van der Waals surface area contributed by atoms with E-state index in [1.807, 2.05) is 0 Å². The molecule has 2 aliphatic heterocycles. The van der Waals surface area contributed by atoms with Gasteiger partial charge in [0, 0.05) is 37.6 Å². The third-order valence-electron chi connectivity index (χ3n) is 7.16. The van der Waals surface area contributed by atoms with Crippen LogP contribution < -0.4 is 9.80 Å². The van der Waals surface area contributed by atoms with Crippen molar-refractivity contribution in [2.24, 2.45) is 0 Å². The number of anilines is 2. The number of hydrogen-bond acceptors (Lipinski definition) is 2. The van der Waals surface area contributed by atoms with Gasteiger partial charge < -0.3 is 9.80 Å². The molecule has 2 aromatic carbocycles. The Bertz CT molecular complexity index is 737. The second-order valence-corrected chi connectivity index (χ2v) is 9.39. The van der Waals surface area contributed by atoms with Crippen molar-refractivity contribution in [3.63, 3.8) is 0 Å². The van der Waals surface area contributed by atoms with Gasteiger partial charge in [0.25, 0.3) is 0 Å². The smallest absolute Gasteiger partial charge is 0.0371 e. The highest BCUT2D eigenvalue weighted by Crippen LogP contribution is 2.31. The first-order chi connectivity index (χ1) is 14.0. The first kappa shape index (κ1) is 20.3. The van der Waals surface area contributed by atoms with Crippen LogP contribution in [0.25, 0.3) is 0 Å². The summed E-state index contributed by atoms with van der Waals surface area (Å²) < 4.78 is 0. The predicted octanol–water partition coefficient (Wildman–Crippen LogP) is 6.49. The summed E-state index contributed by atoms with van der Waals surface area (Å²) in [7, 11) is 0. The summed E-state index contributed by atoms with van der Waals surface area (Å²) in [5.74, 6) is 0. The van der Waals surface area contributed by atoms with Crippen molar-refractivity contribution >= 4 is 11.4 Å². The fourth-order valence-corrected chi connectivity index (χ4v) is 5.34. The average molecular weight is 391 g/mol. The van der Waals surface area contributed by atoms with Crippen LogP contribution in [0.4, 0.5) is 11.4 Å². The van der Waals surface area contributed by atoms with Crippen LogP contribution in [0.15, 0.2) is 24.3 Å². The molecule has 2 aromatic rings. The van der Waals surface area contributed by atoms with E-state index in [-0.39, 0.29) is 0 Å². The van der Waals surface area contributed by atoms with Crippen LogP contribution in [-0.2, 0) is 6.42 Å². The molecule has 4 rings (SSSR count). The van der Waals surface area contributed by atoms with E-state index in [1.54, 1.807) is 0 Å². The molecule has 0 aromatic heterocycles. The molecule has 0 radical (unpaired) electrons. The minimum atomic E-state index is 1.05. The van der Waals surface area contributed by atoms with Gasteiger partial charge in [0.2, 0.25) is 0 Å². The van der Waals surface area contributed by atoms with Crippen molar-refractivity contribution < 1.29 is 0 Å². The molecule has 156 valence electrons. The molecule has 2 aliphatic rings. The molecule has 0 aliphatic carbocycles. The van der Waals surface area contributed by atoms with Crippen LogP contribution in [0.5, 0.6) is 0 Å². The zero-order valence-corrected chi connectivity index (χ0v) is 19.0. The number of nitrogens with zero attached hydrogens (tertiary/aromatic N) is 2. The zero-order valence-electron chi connectivity index (χ0n) is 19.0. The summed E-state index contributed by atoms with van der Waals surface area (Å²) in [4.78, 5) is 5.16. The minimum absolute atomic E-state index is 1.05. The molecule has 2 heteroatoms. The summed E-state index contributed by atoms with van der Waals surface area (Å²) in [6, 6.07) is 9.72. The Labute approximate surface area is 177 Å². The van der Waals surface area contributed by atoms with E-state index < -0.39 is 0 Å². The monoisotopic (exact) mass is 390 g/mol. The van der Waals surface area contributed by atoms with Gasteiger partial charge in [-0.3, -0.25) is 0 Å². The predicted molar refractivity (Wildman–Crippen MR) is 127 cm³/mol. The van der Waals surface area contributed by atoms with Crippen molar-refractivity contribution in [3.05, 3.63) is 57.6 Å². The largest absolute Gasteiger partial charge is 0.372 e. The van der Waals surface area contributed by atoms with Crippen LogP contribution >= 0.6 is 0 Å². The van der Waals surface area contributed by atoms with Gasteiger partial charge in [0.15, 0.2) is 0 Å². The van der Waals surface area contributed by atoms with Crippen molar-refractivity contribution in [1.29, 1.82) is 0 Å². The zero-order chi connectivity index (χ0) is 20.4. The molecule has 0 amide bonds. The number of hydrogen-bond donors (Lipinski definition) is 0. The molecular formula is C27H38N2. The van der Waals surface area contributed by atoms with E-state index in [4.69, 9.17) is 0 Å². The van der Waals surface area contributed by atoms with Gasteiger partial charge in [0.1, 0.15) is 0 Å². The molecule has 0 unspecified atom stereocenters. The second kappa shape index (κ2) is 8.81. The summed E-state index contributed by atoms with van der Waals surface area (Å²) in [5, 5.41) is 0. The van der Waals surface area contributed by atoms with E-state index >= 15 is 0 Å². The van der Waals surface area contributed by atoms with Gasteiger partial charge in [-0.05, 0) is 130 Å². The lowest BCUT2D eigenvalue weighted by molar-refractivity contribution is 0.577. The Hall–Kier alpha value is -1.96. The molecule has 0 bridgehead atoms.